The van der Waals surface area contributed by atoms with Crippen molar-refractivity contribution < 1.29 is 14.7 Å². The third kappa shape index (κ3) is 2.18. The van der Waals surface area contributed by atoms with E-state index in [2.05, 4.69) is 35.3 Å². The van der Waals surface area contributed by atoms with Crippen molar-refractivity contribution >= 4 is 28.3 Å². The van der Waals surface area contributed by atoms with E-state index >= 15 is 0 Å². The molecule has 5 aliphatic rings. The number of carbonyl (C=O) groups excluding carboxylic acids is 1. The first-order valence-electron chi connectivity index (χ1n) is 11.2. The van der Waals surface area contributed by atoms with E-state index < -0.39 is 16.9 Å². The maximum atomic E-state index is 13.4. The zero-order valence-corrected chi connectivity index (χ0v) is 17.5. The molecule has 0 radical (unpaired) electrons. The summed E-state index contributed by atoms with van der Waals surface area (Å²) in [6.45, 7) is 4.00. The van der Waals surface area contributed by atoms with Crippen LogP contribution in [0, 0.1) is 23.2 Å². The summed E-state index contributed by atoms with van der Waals surface area (Å²) in [6, 6.07) is 14.7. The Morgan fingerprint density at radius 1 is 1.00 bits per heavy atom. The number of hydrogen-bond donors (Lipinski definition) is 1. The molecule has 156 valence electrons. The third-order valence-electron chi connectivity index (χ3n) is 8.43. The molecule has 30 heavy (non-hydrogen) atoms. The SMILES string of the molecule is CC1(C)C(=O)N(C2C3CC4C[C@@H]2CC(C(=O)O)(C4)C3)N1c1cccc2ccccc12. The van der Waals surface area contributed by atoms with Crippen LogP contribution in [0.4, 0.5) is 5.69 Å². The molecule has 0 aromatic heterocycles. The van der Waals surface area contributed by atoms with Gasteiger partial charge in [0, 0.05) is 5.39 Å². The topological polar surface area (TPSA) is 60.9 Å². The Hall–Kier alpha value is -2.56. The van der Waals surface area contributed by atoms with E-state index in [-0.39, 0.29) is 23.8 Å². The predicted octanol–water partition coefficient (Wildman–Crippen LogP) is 4.46. The molecule has 5 atom stereocenters. The number of carbonyl (C=O) groups is 2. The van der Waals surface area contributed by atoms with Crippen molar-refractivity contribution in [1.82, 2.24) is 5.01 Å². The highest BCUT2D eigenvalue weighted by Gasteiger charge is 2.65. The first kappa shape index (κ1) is 18.2. The Bertz CT molecular complexity index is 1060. The average molecular weight is 405 g/mol. The highest BCUT2D eigenvalue weighted by atomic mass is 16.4. The van der Waals surface area contributed by atoms with E-state index in [4.69, 9.17) is 0 Å². The number of rotatable bonds is 3. The van der Waals surface area contributed by atoms with Gasteiger partial charge >= 0.3 is 5.97 Å². The van der Waals surface area contributed by atoms with E-state index in [1.165, 1.54) is 5.39 Å². The maximum absolute atomic E-state index is 13.4. The summed E-state index contributed by atoms with van der Waals surface area (Å²) in [7, 11) is 0. The molecule has 1 heterocycles. The van der Waals surface area contributed by atoms with Crippen molar-refractivity contribution in [3.8, 4) is 0 Å². The van der Waals surface area contributed by atoms with E-state index in [1.54, 1.807) is 0 Å². The maximum Gasteiger partial charge on any atom is 0.309 e. The Morgan fingerprint density at radius 2 is 1.67 bits per heavy atom. The number of anilines is 1. The number of hydrogen-bond acceptors (Lipinski definition) is 3. The standard InChI is InChI=1S/C25H28N2O3/c1-24(2)22(28)26(27(24)20-9-5-7-16-6-3-4-8-19(16)20)21-17-10-15-11-18(21)14-25(12-15,13-17)23(29)30/h3-9,15,17-18,21H,10-14H2,1-2H3,(H,29,30)/t15?,17-,18?,21?,25?/m1/s1. The Labute approximate surface area is 176 Å². The van der Waals surface area contributed by atoms with Crippen LogP contribution in [-0.2, 0) is 9.59 Å². The van der Waals surface area contributed by atoms with Crippen LogP contribution in [0.25, 0.3) is 10.8 Å². The fourth-order valence-corrected chi connectivity index (χ4v) is 7.42. The molecule has 5 heteroatoms. The van der Waals surface area contributed by atoms with E-state index in [9.17, 15) is 14.7 Å². The van der Waals surface area contributed by atoms with Crippen molar-refractivity contribution in [2.45, 2.75) is 57.5 Å². The van der Waals surface area contributed by atoms with Gasteiger partial charge in [0.05, 0.1) is 17.1 Å². The Morgan fingerprint density at radius 3 is 2.37 bits per heavy atom. The van der Waals surface area contributed by atoms with Gasteiger partial charge in [-0.05, 0) is 75.2 Å². The lowest BCUT2D eigenvalue weighted by molar-refractivity contribution is -0.187. The third-order valence-corrected chi connectivity index (χ3v) is 8.43. The fraction of sp³-hybridized carbons (Fsp3) is 0.520. The highest BCUT2D eigenvalue weighted by Crippen LogP contribution is 2.62. The van der Waals surface area contributed by atoms with Gasteiger partial charge in [0.2, 0.25) is 0 Å². The summed E-state index contributed by atoms with van der Waals surface area (Å²) in [4.78, 5) is 25.5. The van der Waals surface area contributed by atoms with Crippen molar-refractivity contribution in [2.75, 3.05) is 5.01 Å². The molecule has 0 spiro atoms. The van der Waals surface area contributed by atoms with E-state index in [0.29, 0.717) is 18.8 Å². The molecule has 7 rings (SSSR count). The van der Waals surface area contributed by atoms with Crippen LogP contribution in [0.5, 0.6) is 0 Å². The molecule has 1 saturated heterocycles. The summed E-state index contributed by atoms with van der Waals surface area (Å²) in [5.41, 5.74) is -0.0799. The summed E-state index contributed by atoms with van der Waals surface area (Å²) in [5.74, 6) is 0.610. The second-order valence-corrected chi connectivity index (χ2v) is 10.6. The predicted molar refractivity (Wildman–Crippen MR) is 115 cm³/mol. The minimum absolute atomic E-state index is 0.119. The van der Waals surface area contributed by atoms with Crippen molar-refractivity contribution in [1.29, 1.82) is 0 Å². The molecular weight excluding hydrogens is 376 g/mol. The monoisotopic (exact) mass is 404 g/mol. The molecule has 1 amide bonds. The van der Waals surface area contributed by atoms with Gasteiger partial charge in [-0.3, -0.25) is 14.6 Å². The molecule has 5 nitrogen and oxygen atoms in total. The van der Waals surface area contributed by atoms with Crippen LogP contribution in [-0.4, -0.2) is 33.6 Å². The van der Waals surface area contributed by atoms with Gasteiger partial charge in [0.15, 0.2) is 0 Å². The minimum Gasteiger partial charge on any atom is -0.481 e. The molecule has 2 aromatic carbocycles. The molecule has 5 fully saturated rings. The first-order chi connectivity index (χ1) is 14.3. The lowest BCUT2D eigenvalue weighted by Crippen LogP contribution is -2.80. The normalized spacial score (nSPS) is 36.3. The number of amides is 1. The Kier molecular flexibility index (Phi) is 3.51. The van der Waals surface area contributed by atoms with Crippen LogP contribution in [0.3, 0.4) is 0 Å². The number of carboxylic acid groups (broad SMARTS) is 1. The molecule has 4 bridgehead atoms. The van der Waals surface area contributed by atoms with Gasteiger partial charge in [-0.2, -0.15) is 0 Å². The average Bonchev–Trinajstić information content (AvgIpc) is 2.71. The van der Waals surface area contributed by atoms with Gasteiger partial charge in [-0.1, -0.05) is 36.4 Å². The lowest BCUT2D eigenvalue weighted by Gasteiger charge is -2.67. The smallest absolute Gasteiger partial charge is 0.309 e. The van der Waals surface area contributed by atoms with Crippen molar-refractivity contribution in [3.63, 3.8) is 0 Å². The van der Waals surface area contributed by atoms with Gasteiger partial charge < -0.3 is 5.11 Å². The molecular formula is C25H28N2O3. The summed E-state index contributed by atoms with van der Waals surface area (Å²) >= 11 is 0. The molecule has 2 aromatic rings. The largest absolute Gasteiger partial charge is 0.481 e. The van der Waals surface area contributed by atoms with Gasteiger partial charge in [0.25, 0.3) is 5.91 Å². The van der Waals surface area contributed by atoms with Gasteiger partial charge in [0.1, 0.15) is 5.54 Å². The number of nitrogens with zero attached hydrogens (tertiary/aromatic N) is 2. The van der Waals surface area contributed by atoms with Gasteiger partial charge in [-0.15, -0.1) is 0 Å². The van der Waals surface area contributed by atoms with Crippen LogP contribution < -0.4 is 5.01 Å². The Balaban J connectivity index is 1.42. The molecule has 1 N–H and O–H groups in total. The highest BCUT2D eigenvalue weighted by molar-refractivity contribution is 6.03. The molecule has 4 aliphatic carbocycles. The van der Waals surface area contributed by atoms with Crippen molar-refractivity contribution in [2.24, 2.45) is 23.2 Å². The summed E-state index contributed by atoms with van der Waals surface area (Å²) in [5, 5.41) is 16.5. The zero-order valence-electron chi connectivity index (χ0n) is 17.5. The molecule has 1 aliphatic heterocycles. The van der Waals surface area contributed by atoms with Crippen LogP contribution in [0.15, 0.2) is 42.5 Å². The van der Waals surface area contributed by atoms with Crippen LogP contribution in [0.2, 0.25) is 0 Å². The zero-order chi connectivity index (χ0) is 20.8. The minimum atomic E-state index is -0.624. The van der Waals surface area contributed by atoms with Gasteiger partial charge in [-0.25, -0.2) is 5.01 Å². The summed E-state index contributed by atoms with van der Waals surface area (Å²) in [6.07, 6.45) is 4.38. The van der Waals surface area contributed by atoms with Crippen LogP contribution in [0.1, 0.15) is 46.0 Å². The van der Waals surface area contributed by atoms with Crippen LogP contribution >= 0.6 is 0 Å². The molecule has 4 unspecified atom stereocenters. The number of aliphatic carboxylic acids is 1. The lowest BCUT2D eigenvalue weighted by atomic mass is 9.47. The second-order valence-electron chi connectivity index (χ2n) is 10.6. The number of carboxylic acids is 1. The fourth-order valence-electron chi connectivity index (χ4n) is 7.42. The summed E-state index contributed by atoms with van der Waals surface area (Å²) < 4.78 is 0. The quantitative estimate of drug-likeness (QED) is 0.820. The van der Waals surface area contributed by atoms with E-state index in [0.717, 1.165) is 30.3 Å². The molecule has 4 saturated carbocycles. The number of hydrazine groups is 1. The number of fused-ring (bicyclic) bond motifs is 1. The van der Waals surface area contributed by atoms with Crippen molar-refractivity contribution in [3.05, 3.63) is 42.5 Å². The number of benzene rings is 2. The first-order valence-corrected chi connectivity index (χ1v) is 11.2. The second kappa shape index (κ2) is 5.77. The van der Waals surface area contributed by atoms with E-state index in [1.807, 2.05) is 31.0 Å².